The first-order valence-electron chi connectivity index (χ1n) is 5.11. The molecule has 0 amide bonds. The number of halogens is 2. The molecule has 1 aromatic carbocycles. The largest absolute Gasteiger partial charge is 0.481 e. The van der Waals surface area contributed by atoms with Gasteiger partial charge in [-0.1, -0.05) is 0 Å². The number of aliphatic carboxylic acids is 1. The zero-order valence-electron chi connectivity index (χ0n) is 9.61. The third kappa shape index (κ3) is 4.06. The molecule has 0 fully saturated rings. The maximum atomic E-state index is 13.7. The van der Waals surface area contributed by atoms with Crippen LogP contribution >= 0.6 is 15.9 Å². The minimum absolute atomic E-state index is 0.00688. The Hall–Kier alpha value is -0.950. The molecule has 4 nitrogen and oxygen atoms in total. The van der Waals surface area contributed by atoms with E-state index in [0.29, 0.717) is 18.4 Å². The molecule has 0 unspecified atom stereocenters. The van der Waals surface area contributed by atoms with E-state index < -0.39 is 21.6 Å². The second-order valence-electron chi connectivity index (χ2n) is 3.91. The van der Waals surface area contributed by atoms with Crippen molar-refractivity contribution < 1.29 is 22.7 Å². The Morgan fingerprint density at radius 2 is 2.06 bits per heavy atom. The first kappa shape index (κ1) is 15.1. The third-order valence-electron chi connectivity index (χ3n) is 2.28. The van der Waals surface area contributed by atoms with Gasteiger partial charge in [-0.15, -0.1) is 0 Å². The zero-order valence-corrected chi connectivity index (χ0v) is 12.0. The summed E-state index contributed by atoms with van der Waals surface area (Å²) >= 11 is 3.02. The molecule has 1 aromatic rings. The quantitative estimate of drug-likeness (QED) is 0.894. The summed E-state index contributed by atoms with van der Waals surface area (Å²) in [4.78, 5) is 9.98. The molecule has 0 aliphatic carbocycles. The fraction of sp³-hybridized carbons (Fsp3) is 0.364. The van der Waals surface area contributed by atoms with Crippen LogP contribution in [0.25, 0.3) is 0 Å². The minimum atomic E-state index is -3.63. The molecular weight excluding hydrogens is 327 g/mol. The number of carboxylic acid groups (broad SMARTS) is 1. The van der Waals surface area contributed by atoms with Gasteiger partial charge in [0.1, 0.15) is 10.7 Å². The summed E-state index contributed by atoms with van der Waals surface area (Å²) in [6.07, 6.45) is 1.68. The second-order valence-corrected chi connectivity index (χ2v) is 6.71. The van der Waals surface area contributed by atoms with E-state index in [1.807, 2.05) is 0 Å². The van der Waals surface area contributed by atoms with Crippen molar-refractivity contribution in [3.63, 3.8) is 0 Å². The van der Waals surface area contributed by atoms with Crippen molar-refractivity contribution in [3.8, 4) is 0 Å². The van der Waals surface area contributed by atoms with Crippen molar-refractivity contribution in [2.24, 2.45) is 0 Å². The molecule has 0 bridgehead atoms. The zero-order chi connectivity index (χ0) is 13.9. The average molecular weight is 339 g/mol. The van der Waals surface area contributed by atoms with Gasteiger partial charge in [-0.2, -0.15) is 0 Å². The summed E-state index contributed by atoms with van der Waals surface area (Å²) in [6, 6.07) is 2.63. The van der Waals surface area contributed by atoms with Gasteiger partial charge >= 0.3 is 5.97 Å². The van der Waals surface area contributed by atoms with Crippen LogP contribution in [0, 0.1) is 5.82 Å². The predicted octanol–water partition coefficient (Wildman–Crippen LogP) is 2.40. The molecule has 0 atom stereocenters. The van der Waals surface area contributed by atoms with Crippen LogP contribution in [0.1, 0.15) is 18.4 Å². The Morgan fingerprint density at radius 3 is 2.50 bits per heavy atom. The van der Waals surface area contributed by atoms with Gasteiger partial charge in [-0.3, -0.25) is 4.79 Å². The summed E-state index contributed by atoms with van der Waals surface area (Å²) < 4.78 is 36.5. The van der Waals surface area contributed by atoms with Gasteiger partial charge in [0.25, 0.3) is 0 Å². The van der Waals surface area contributed by atoms with E-state index in [4.69, 9.17) is 5.11 Å². The van der Waals surface area contributed by atoms with Gasteiger partial charge in [-0.25, -0.2) is 12.8 Å². The molecule has 0 heterocycles. The van der Waals surface area contributed by atoms with Crippen LogP contribution < -0.4 is 0 Å². The Labute approximate surface area is 113 Å². The summed E-state index contributed by atoms with van der Waals surface area (Å²) in [6.45, 7) is 0. The van der Waals surface area contributed by atoms with Gasteiger partial charge in [0.15, 0.2) is 9.84 Å². The average Bonchev–Trinajstić information content (AvgIpc) is 2.12. The Bertz CT molecular complexity index is 545. The molecule has 0 aromatic heterocycles. The molecule has 100 valence electrons. The topological polar surface area (TPSA) is 71.4 Å². The lowest BCUT2D eigenvalue weighted by atomic mass is 10.1. The van der Waals surface area contributed by atoms with Crippen LogP contribution in [0.3, 0.4) is 0 Å². The molecule has 1 N–H and O–H groups in total. The van der Waals surface area contributed by atoms with Crippen LogP contribution in [0.2, 0.25) is 0 Å². The highest BCUT2D eigenvalue weighted by atomic mass is 79.9. The van der Waals surface area contributed by atoms with E-state index in [0.717, 1.165) is 12.3 Å². The first-order valence-corrected chi connectivity index (χ1v) is 7.80. The van der Waals surface area contributed by atoms with E-state index in [1.165, 1.54) is 6.07 Å². The lowest BCUT2D eigenvalue weighted by Gasteiger charge is -2.07. The maximum absolute atomic E-state index is 13.7. The molecule has 1 rings (SSSR count). The highest BCUT2D eigenvalue weighted by Gasteiger charge is 2.18. The van der Waals surface area contributed by atoms with E-state index in [2.05, 4.69) is 15.9 Å². The highest BCUT2D eigenvalue weighted by molar-refractivity contribution is 9.10. The predicted molar refractivity (Wildman–Crippen MR) is 67.8 cm³/mol. The molecule has 0 aliphatic rings. The number of aryl methyl sites for hydroxylation is 1. The summed E-state index contributed by atoms with van der Waals surface area (Å²) in [5.74, 6) is -1.74. The van der Waals surface area contributed by atoms with Gasteiger partial charge in [0, 0.05) is 17.1 Å². The van der Waals surface area contributed by atoms with Gasteiger partial charge < -0.3 is 5.11 Å². The number of benzene rings is 1. The molecule has 0 radical (unpaired) electrons. The van der Waals surface area contributed by atoms with Crippen LogP contribution in [-0.2, 0) is 21.1 Å². The first-order chi connectivity index (χ1) is 8.21. The van der Waals surface area contributed by atoms with Gasteiger partial charge in [-0.05, 0) is 46.5 Å². The van der Waals surface area contributed by atoms with Crippen molar-refractivity contribution in [3.05, 3.63) is 28.0 Å². The molecule has 7 heteroatoms. The number of carboxylic acids is 1. The lowest BCUT2D eigenvalue weighted by Crippen LogP contribution is -2.04. The molecular formula is C11H12BrFO4S. The number of rotatable bonds is 5. The van der Waals surface area contributed by atoms with Gasteiger partial charge in [0.2, 0.25) is 0 Å². The standard InChI is InChI=1S/C11H12BrFO4S/c1-18(16,17)11-8(12)5-7(6-9(11)13)3-2-4-10(14)15/h5-6H,2-4H2,1H3,(H,14,15). The number of hydrogen-bond acceptors (Lipinski definition) is 3. The Morgan fingerprint density at radius 1 is 1.44 bits per heavy atom. The number of sulfone groups is 1. The van der Waals surface area contributed by atoms with E-state index in [9.17, 15) is 17.6 Å². The summed E-state index contributed by atoms with van der Waals surface area (Å²) in [5.41, 5.74) is 0.563. The van der Waals surface area contributed by atoms with E-state index >= 15 is 0 Å². The van der Waals surface area contributed by atoms with Crippen LogP contribution in [-0.4, -0.2) is 25.7 Å². The molecule has 18 heavy (non-hydrogen) atoms. The molecule has 0 spiro atoms. The minimum Gasteiger partial charge on any atom is -0.481 e. The maximum Gasteiger partial charge on any atom is 0.303 e. The number of hydrogen-bond donors (Lipinski definition) is 1. The fourth-order valence-electron chi connectivity index (χ4n) is 1.55. The van der Waals surface area contributed by atoms with Crippen molar-refractivity contribution in [1.82, 2.24) is 0 Å². The van der Waals surface area contributed by atoms with Crippen molar-refractivity contribution >= 4 is 31.7 Å². The second kappa shape index (κ2) is 5.79. The van der Waals surface area contributed by atoms with Gasteiger partial charge in [0.05, 0.1) is 0 Å². The summed E-state index contributed by atoms with van der Waals surface area (Å²) in [7, 11) is -3.63. The van der Waals surface area contributed by atoms with Crippen LogP contribution in [0.4, 0.5) is 4.39 Å². The smallest absolute Gasteiger partial charge is 0.303 e. The SMILES string of the molecule is CS(=O)(=O)c1c(F)cc(CCCC(=O)O)cc1Br. The van der Waals surface area contributed by atoms with E-state index in [1.54, 1.807) is 0 Å². The monoisotopic (exact) mass is 338 g/mol. The van der Waals surface area contributed by atoms with Crippen LogP contribution in [0.15, 0.2) is 21.5 Å². The van der Waals surface area contributed by atoms with Crippen molar-refractivity contribution in [2.45, 2.75) is 24.2 Å². The lowest BCUT2D eigenvalue weighted by molar-refractivity contribution is -0.137. The normalized spacial score (nSPS) is 11.5. The Balaban J connectivity index is 2.97. The van der Waals surface area contributed by atoms with Crippen molar-refractivity contribution in [2.75, 3.05) is 6.26 Å². The molecule has 0 aliphatic heterocycles. The summed E-state index contributed by atoms with van der Waals surface area (Å²) in [5, 5.41) is 8.49. The highest BCUT2D eigenvalue weighted by Crippen LogP contribution is 2.27. The molecule has 0 saturated heterocycles. The molecule has 0 saturated carbocycles. The Kier molecular flexibility index (Phi) is 4.86. The third-order valence-corrected chi connectivity index (χ3v) is 4.33. The fourth-order valence-corrected chi connectivity index (χ4v) is 3.75. The van der Waals surface area contributed by atoms with E-state index in [-0.39, 0.29) is 15.8 Å². The number of carbonyl (C=O) groups is 1. The van der Waals surface area contributed by atoms with Crippen LogP contribution in [0.5, 0.6) is 0 Å². The van der Waals surface area contributed by atoms with Crippen molar-refractivity contribution in [1.29, 1.82) is 0 Å².